The summed E-state index contributed by atoms with van der Waals surface area (Å²) in [7, 11) is 0. The van der Waals surface area contributed by atoms with Crippen molar-refractivity contribution in [2.45, 2.75) is 33.0 Å². The summed E-state index contributed by atoms with van der Waals surface area (Å²) in [4.78, 5) is 30.3. The van der Waals surface area contributed by atoms with Crippen molar-refractivity contribution in [1.82, 2.24) is 9.80 Å². The molecular formula is C18H25N3O3. The Morgan fingerprint density at radius 1 is 1.12 bits per heavy atom. The second-order valence-corrected chi connectivity index (χ2v) is 6.75. The Hall–Kier alpha value is -2.08. The van der Waals surface area contributed by atoms with Gasteiger partial charge in [-0.3, -0.25) is 9.69 Å². The van der Waals surface area contributed by atoms with E-state index in [1.807, 2.05) is 45.0 Å². The van der Waals surface area contributed by atoms with Gasteiger partial charge in [0.15, 0.2) is 0 Å². The molecule has 0 saturated carbocycles. The second-order valence-electron chi connectivity index (χ2n) is 6.75. The van der Waals surface area contributed by atoms with Crippen molar-refractivity contribution in [3.8, 4) is 0 Å². The van der Waals surface area contributed by atoms with E-state index < -0.39 is 0 Å². The fourth-order valence-electron chi connectivity index (χ4n) is 3.34. The number of hydrogen-bond donors (Lipinski definition) is 0. The molecule has 2 aliphatic heterocycles. The van der Waals surface area contributed by atoms with Gasteiger partial charge in [-0.2, -0.15) is 0 Å². The molecule has 2 fully saturated rings. The number of ether oxygens (including phenoxy) is 1. The summed E-state index contributed by atoms with van der Waals surface area (Å²) in [6.07, 6.45) is 0.0760. The lowest BCUT2D eigenvalue weighted by atomic mass is 10.2. The van der Waals surface area contributed by atoms with E-state index in [0.29, 0.717) is 26.2 Å². The number of morpholine rings is 1. The Labute approximate surface area is 143 Å². The van der Waals surface area contributed by atoms with Crippen molar-refractivity contribution in [2.24, 2.45) is 0 Å². The molecule has 0 N–H and O–H groups in total. The molecule has 1 aromatic carbocycles. The van der Waals surface area contributed by atoms with Crippen LogP contribution in [0.2, 0.25) is 0 Å². The molecule has 2 aliphatic rings. The number of carbonyl (C=O) groups excluding carboxylic acids is 2. The molecule has 24 heavy (non-hydrogen) atoms. The fraction of sp³-hybridized carbons (Fsp3) is 0.556. The number of urea groups is 1. The maximum Gasteiger partial charge on any atom is 0.325 e. The number of benzene rings is 1. The third-order valence-corrected chi connectivity index (χ3v) is 4.54. The highest BCUT2D eigenvalue weighted by Gasteiger charge is 2.33. The first kappa shape index (κ1) is 16.8. The summed E-state index contributed by atoms with van der Waals surface area (Å²) in [5.41, 5.74) is 2.04. The van der Waals surface area contributed by atoms with Crippen LogP contribution in [0.1, 0.15) is 19.4 Å². The Morgan fingerprint density at radius 2 is 1.75 bits per heavy atom. The molecule has 2 unspecified atom stereocenters. The molecular weight excluding hydrogens is 306 g/mol. The maximum atomic E-state index is 12.6. The number of rotatable bonds is 3. The van der Waals surface area contributed by atoms with Crippen LogP contribution in [0.25, 0.3) is 0 Å². The highest BCUT2D eigenvalue weighted by Crippen LogP contribution is 2.21. The molecule has 0 spiro atoms. The molecule has 6 nitrogen and oxygen atoms in total. The van der Waals surface area contributed by atoms with Crippen molar-refractivity contribution in [3.63, 3.8) is 0 Å². The van der Waals surface area contributed by atoms with Gasteiger partial charge in [-0.25, -0.2) is 4.79 Å². The summed E-state index contributed by atoms with van der Waals surface area (Å²) in [6.45, 7) is 8.47. The lowest BCUT2D eigenvalue weighted by Crippen LogP contribution is -2.51. The van der Waals surface area contributed by atoms with Gasteiger partial charge >= 0.3 is 6.03 Å². The fourth-order valence-corrected chi connectivity index (χ4v) is 3.34. The van der Waals surface area contributed by atoms with Gasteiger partial charge in [0.25, 0.3) is 0 Å². The largest absolute Gasteiger partial charge is 0.372 e. The van der Waals surface area contributed by atoms with E-state index in [-0.39, 0.29) is 30.7 Å². The van der Waals surface area contributed by atoms with E-state index in [9.17, 15) is 9.59 Å². The van der Waals surface area contributed by atoms with Gasteiger partial charge in [0, 0.05) is 31.9 Å². The van der Waals surface area contributed by atoms with Crippen LogP contribution in [0.5, 0.6) is 0 Å². The van der Waals surface area contributed by atoms with Gasteiger partial charge in [0.05, 0.1) is 12.2 Å². The molecule has 0 aromatic heterocycles. The molecule has 1 aromatic rings. The summed E-state index contributed by atoms with van der Waals surface area (Å²) >= 11 is 0. The predicted octanol–water partition coefficient (Wildman–Crippen LogP) is 1.87. The molecule has 2 saturated heterocycles. The van der Waals surface area contributed by atoms with Crippen molar-refractivity contribution < 1.29 is 14.3 Å². The van der Waals surface area contributed by atoms with Crippen LogP contribution in [0.15, 0.2) is 24.3 Å². The van der Waals surface area contributed by atoms with E-state index in [2.05, 4.69) is 0 Å². The lowest BCUT2D eigenvalue weighted by Gasteiger charge is -2.36. The van der Waals surface area contributed by atoms with Gasteiger partial charge in [0.2, 0.25) is 5.91 Å². The molecule has 3 amide bonds. The number of carbonyl (C=O) groups is 2. The normalized spacial score (nSPS) is 24.6. The minimum absolute atomic E-state index is 0.00361. The number of nitrogens with zero attached hydrogens (tertiary/aromatic N) is 3. The van der Waals surface area contributed by atoms with E-state index in [1.54, 1.807) is 14.7 Å². The molecule has 0 bridgehead atoms. The van der Waals surface area contributed by atoms with Crippen LogP contribution in [-0.4, -0.2) is 66.7 Å². The number of aryl methyl sites for hydroxylation is 1. The minimum Gasteiger partial charge on any atom is -0.372 e. The second kappa shape index (κ2) is 6.81. The van der Waals surface area contributed by atoms with Crippen molar-refractivity contribution in [2.75, 3.05) is 37.6 Å². The average molecular weight is 331 g/mol. The lowest BCUT2D eigenvalue weighted by molar-refractivity contribution is -0.143. The average Bonchev–Trinajstić information content (AvgIpc) is 2.88. The molecule has 2 atom stereocenters. The Bertz CT molecular complexity index is 606. The first-order valence-corrected chi connectivity index (χ1v) is 8.50. The zero-order valence-electron chi connectivity index (χ0n) is 14.6. The smallest absolute Gasteiger partial charge is 0.325 e. The third-order valence-electron chi connectivity index (χ3n) is 4.54. The van der Waals surface area contributed by atoms with E-state index in [4.69, 9.17) is 4.74 Å². The Morgan fingerprint density at radius 3 is 2.38 bits per heavy atom. The first-order valence-electron chi connectivity index (χ1n) is 8.50. The van der Waals surface area contributed by atoms with Gasteiger partial charge in [-0.05, 0) is 32.9 Å². The highest BCUT2D eigenvalue weighted by molar-refractivity contribution is 5.96. The molecule has 6 heteroatoms. The summed E-state index contributed by atoms with van der Waals surface area (Å²) in [5, 5.41) is 0. The summed E-state index contributed by atoms with van der Waals surface area (Å²) in [5.74, 6) is -0.00361. The van der Waals surface area contributed by atoms with Crippen LogP contribution in [0, 0.1) is 6.92 Å². The summed E-state index contributed by atoms with van der Waals surface area (Å²) in [6, 6.07) is 7.79. The topological polar surface area (TPSA) is 53.1 Å². The van der Waals surface area contributed by atoms with Gasteiger partial charge in [0.1, 0.15) is 6.54 Å². The SMILES string of the molecule is Cc1ccc(N2CCN(CC(=O)N3CC(C)OC(C)C3)C2=O)cc1. The monoisotopic (exact) mass is 331 g/mol. The predicted molar refractivity (Wildman–Crippen MR) is 92.1 cm³/mol. The maximum absolute atomic E-state index is 12.6. The van der Waals surface area contributed by atoms with Crippen LogP contribution in [0.3, 0.4) is 0 Å². The Balaban J connectivity index is 1.61. The third kappa shape index (κ3) is 3.53. The van der Waals surface area contributed by atoms with Crippen molar-refractivity contribution >= 4 is 17.6 Å². The first-order chi connectivity index (χ1) is 11.4. The van der Waals surface area contributed by atoms with Crippen molar-refractivity contribution in [1.29, 1.82) is 0 Å². The zero-order chi connectivity index (χ0) is 17.3. The molecule has 130 valence electrons. The van der Waals surface area contributed by atoms with Gasteiger partial charge in [-0.15, -0.1) is 0 Å². The molecule has 0 aliphatic carbocycles. The highest BCUT2D eigenvalue weighted by atomic mass is 16.5. The van der Waals surface area contributed by atoms with Gasteiger partial charge in [-0.1, -0.05) is 17.7 Å². The van der Waals surface area contributed by atoms with Crippen LogP contribution < -0.4 is 4.90 Å². The van der Waals surface area contributed by atoms with Gasteiger partial charge < -0.3 is 14.5 Å². The number of amides is 3. The van der Waals surface area contributed by atoms with E-state index in [0.717, 1.165) is 11.3 Å². The molecule has 2 heterocycles. The standard InChI is InChI=1S/C18H25N3O3/c1-13-4-6-16(7-5-13)21-9-8-19(18(21)23)12-17(22)20-10-14(2)24-15(3)11-20/h4-7,14-15H,8-12H2,1-3H3. The van der Waals surface area contributed by atoms with Crippen molar-refractivity contribution in [3.05, 3.63) is 29.8 Å². The molecule has 3 rings (SSSR count). The van der Waals surface area contributed by atoms with Crippen LogP contribution in [0.4, 0.5) is 10.5 Å². The molecule has 0 radical (unpaired) electrons. The van der Waals surface area contributed by atoms with Crippen LogP contribution >= 0.6 is 0 Å². The summed E-state index contributed by atoms with van der Waals surface area (Å²) < 4.78 is 5.66. The minimum atomic E-state index is -0.0958. The van der Waals surface area contributed by atoms with E-state index >= 15 is 0 Å². The van der Waals surface area contributed by atoms with E-state index in [1.165, 1.54) is 0 Å². The van der Waals surface area contributed by atoms with Crippen LogP contribution in [-0.2, 0) is 9.53 Å². The zero-order valence-corrected chi connectivity index (χ0v) is 14.6. The quantitative estimate of drug-likeness (QED) is 0.850. The Kier molecular flexibility index (Phi) is 4.76. The number of hydrogen-bond acceptors (Lipinski definition) is 3. The number of anilines is 1.